The van der Waals surface area contributed by atoms with Crippen molar-refractivity contribution in [3.63, 3.8) is 0 Å². The first kappa shape index (κ1) is 4.80. The summed E-state index contributed by atoms with van der Waals surface area (Å²) in [5, 5.41) is 3.41. The average Bonchev–Trinajstić information content (AvgIpc) is 2.12. The molecular formula is C7H12N. The monoisotopic (exact) mass is 110 g/mol. The predicted octanol–water partition coefficient (Wildman–Crippen LogP) is 0.964. The molecule has 1 heterocycles. The van der Waals surface area contributed by atoms with E-state index in [0.717, 1.165) is 5.92 Å². The van der Waals surface area contributed by atoms with Crippen LogP contribution in [-0.4, -0.2) is 13.1 Å². The molecule has 1 heteroatoms. The van der Waals surface area contributed by atoms with Crippen molar-refractivity contribution in [2.45, 2.75) is 19.3 Å². The molecule has 8 heavy (non-hydrogen) atoms. The van der Waals surface area contributed by atoms with E-state index in [9.17, 15) is 0 Å². The summed E-state index contributed by atoms with van der Waals surface area (Å²) in [5.41, 5.74) is 0. The third-order valence-electron chi connectivity index (χ3n) is 2.29. The van der Waals surface area contributed by atoms with Crippen LogP contribution in [-0.2, 0) is 0 Å². The highest BCUT2D eigenvalue weighted by molar-refractivity contribution is 5.03. The van der Waals surface area contributed by atoms with Gasteiger partial charge in [-0.1, -0.05) is 0 Å². The van der Waals surface area contributed by atoms with Crippen molar-refractivity contribution >= 4 is 0 Å². The molecule has 1 atom stereocenters. The van der Waals surface area contributed by atoms with Crippen LogP contribution in [0.2, 0.25) is 0 Å². The van der Waals surface area contributed by atoms with Crippen LogP contribution in [0.1, 0.15) is 19.3 Å². The van der Waals surface area contributed by atoms with E-state index in [2.05, 4.69) is 5.32 Å². The molecule has 0 amide bonds. The summed E-state index contributed by atoms with van der Waals surface area (Å²) < 4.78 is 0. The summed E-state index contributed by atoms with van der Waals surface area (Å²) in [7, 11) is 0. The maximum Gasteiger partial charge on any atom is 0.00138 e. The zero-order valence-corrected chi connectivity index (χ0v) is 5.11. The van der Waals surface area contributed by atoms with Gasteiger partial charge >= 0.3 is 0 Å². The SMILES string of the molecule is C1C[C@@H]2CNC[C]1C2. The van der Waals surface area contributed by atoms with Crippen LogP contribution in [0, 0.1) is 11.8 Å². The third kappa shape index (κ3) is 0.655. The van der Waals surface area contributed by atoms with Gasteiger partial charge in [0.1, 0.15) is 0 Å². The van der Waals surface area contributed by atoms with Crippen LogP contribution in [0.5, 0.6) is 0 Å². The molecule has 2 bridgehead atoms. The van der Waals surface area contributed by atoms with Gasteiger partial charge in [-0.25, -0.2) is 0 Å². The van der Waals surface area contributed by atoms with Gasteiger partial charge < -0.3 is 5.32 Å². The van der Waals surface area contributed by atoms with Gasteiger partial charge in [-0.2, -0.15) is 0 Å². The standard InChI is InChI=1S/C7H12N/c1-2-7-3-6(1)4-8-5-7/h6,8H,1-5H2/t6-/m0/s1. The minimum atomic E-state index is 1.01. The Morgan fingerprint density at radius 1 is 1.50 bits per heavy atom. The average molecular weight is 110 g/mol. The highest BCUT2D eigenvalue weighted by atomic mass is 14.9. The number of hydrogen-bond donors (Lipinski definition) is 1. The molecule has 1 N–H and O–H groups in total. The van der Waals surface area contributed by atoms with Gasteiger partial charge in [-0.3, -0.25) is 0 Å². The summed E-state index contributed by atoms with van der Waals surface area (Å²) in [6.07, 6.45) is 4.31. The fraction of sp³-hybridized carbons (Fsp3) is 0.857. The zero-order chi connectivity index (χ0) is 5.40. The summed E-state index contributed by atoms with van der Waals surface area (Å²) >= 11 is 0. The van der Waals surface area contributed by atoms with Crippen molar-refractivity contribution in [1.29, 1.82) is 0 Å². The minimum Gasteiger partial charge on any atom is -0.316 e. The zero-order valence-electron chi connectivity index (χ0n) is 5.11. The van der Waals surface area contributed by atoms with E-state index in [1.54, 1.807) is 5.92 Å². The first-order valence-electron chi connectivity index (χ1n) is 3.49. The molecule has 2 fully saturated rings. The molecule has 2 aliphatic rings. The van der Waals surface area contributed by atoms with Gasteiger partial charge in [0.2, 0.25) is 0 Å². The van der Waals surface area contributed by atoms with E-state index in [4.69, 9.17) is 0 Å². The number of hydrogen-bond acceptors (Lipinski definition) is 1. The molecule has 1 aliphatic heterocycles. The lowest BCUT2D eigenvalue weighted by Gasteiger charge is -2.18. The topological polar surface area (TPSA) is 12.0 Å². The normalized spacial score (nSPS) is 38.2. The van der Waals surface area contributed by atoms with E-state index in [0.29, 0.717) is 0 Å². The molecule has 0 aromatic heterocycles. The Hall–Kier alpha value is -0.0400. The second-order valence-electron chi connectivity index (χ2n) is 2.99. The van der Waals surface area contributed by atoms with Crippen molar-refractivity contribution in [2.24, 2.45) is 5.92 Å². The Morgan fingerprint density at radius 2 is 2.50 bits per heavy atom. The Bertz CT molecular complexity index is 76.4. The van der Waals surface area contributed by atoms with Crippen molar-refractivity contribution < 1.29 is 0 Å². The lowest BCUT2D eigenvalue weighted by molar-refractivity contribution is 0.466. The van der Waals surface area contributed by atoms with E-state index in [1.165, 1.54) is 32.4 Å². The molecular weight excluding hydrogens is 98.1 g/mol. The van der Waals surface area contributed by atoms with E-state index in [-0.39, 0.29) is 0 Å². The second kappa shape index (κ2) is 1.73. The van der Waals surface area contributed by atoms with Gasteiger partial charge in [0.15, 0.2) is 0 Å². The van der Waals surface area contributed by atoms with Gasteiger partial charge in [0.05, 0.1) is 0 Å². The highest BCUT2D eigenvalue weighted by Crippen LogP contribution is 2.34. The Morgan fingerprint density at radius 3 is 3.25 bits per heavy atom. The molecule has 2 rings (SSSR count). The fourth-order valence-electron chi connectivity index (χ4n) is 1.81. The second-order valence-corrected chi connectivity index (χ2v) is 2.99. The molecule has 1 saturated heterocycles. The number of rotatable bonds is 0. The molecule has 0 aromatic rings. The molecule has 0 unspecified atom stereocenters. The Kier molecular flexibility index (Phi) is 1.04. The largest absolute Gasteiger partial charge is 0.316 e. The smallest absolute Gasteiger partial charge is 0.00138 e. The van der Waals surface area contributed by atoms with Crippen molar-refractivity contribution in [2.75, 3.05) is 13.1 Å². The molecule has 1 radical (unpaired) electrons. The van der Waals surface area contributed by atoms with Gasteiger partial charge in [-0.05, 0) is 37.6 Å². The lowest BCUT2D eigenvalue weighted by Crippen LogP contribution is -2.29. The minimum absolute atomic E-state index is 1.01. The third-order valence-corrected chi connectivity index (χ3v) is 2.29. The van der Waals surface area contributed by atoms with E-state index < -0.39 is 0 Å². The molecule has 1 nitrogen and oxygen atoms in total. The summed E-state index contributed by atoms with van der Waals surface area (Å²) in [6, 6.07) is 0. The summed E-state index contributed by atoms with van der Waals surface area (Å²) in [4.78, 5) is 0. The summed E-state index contributed by atoms with van der Waals surface area (Å²) in [6.45, 7) is 2.50. The number of nitrogens with one attached hydrogen (secondary N) is 1. The maximum atomic E-state index is 3.41. The molecule has 0 spiro atoms. The Labute approximate surface area is 50.5 Å². The number of fused-ring (bicyclic) bond motifs is 2. The fourth-order valence-corrected chi connectivity index (χ4v) is 1.81. The van der Waals surface area contributed by atoms with E-state index >= 15 is 0 Å². The molecule has 0 aromatic carbocycles. The van der Waals surface area contributed by atoms with Crippen molar-refractivity contribution in [1.82, 2.24) is 5.32 Å². The maximum absolute atomic E-state index is 3.41. The van der Waals surface area contributed by atoms with Gasteiger partial charge in [0.25, 0.3) is 0 Å². The Balaban J connectivity index is 2.03. The predicted molar refractivity (Wildman–Crippen MR) is 33.5 cm³/mol. The van der Waals surface area contributed by atoms with Crippen LogP contribution in [0.4, 0.5) is 0 Å². The van der Waals surface area contributed by atoms with Crippen LogP contribution >= 0.6 is 0 Å². The quantitative estimate of drug-likeness (QED) is 0.490. The van der Waals surface area contributed by atoms with Gasteiger partial charge in [0, 0.05) is 6.54 Å². The van der Waals surface area contributed by atoms with Crippen LogP contribution in [0.15, 0.2) is 0 Å². The van der Waals surface area contributed by atoms with Gasteiger partial charge in [-0.15, -0.1) is 0 Å². The molecule has 45 valence electrons. The first-order valence-corrected chi connectivity index (χ1v) is 3.49. The molecule has 1 saturated carbocycles. The van der Waals surface area contributed by atoms with Crippen LogP contribution in [0.25, 0.3) is 0 Å². The number of piperidine rings is 1. The first-order chi connectivity index (χ1) is 3.95. The summed E-state index contributed by atoms with van der Waals surface area (Å²) in [5.74, 6) is 2.78. The van der Waals surface area contributed by atoms with Crippen molar-refractivity contribution in [3.8, 4) is 0 Å². The van der Waals surface area contributed by atoms with E-state index in [1.807, 2.05) is 0 Å². The highest BCUT2D eigenvalue weighted by Gasteiger charge is 2.28. The molecule has 1 aliphatic carbocycles. The lowest BCUT2D eigenvalue weighted by atomic mass is 10.0. The van der Waals surface area contributed by atoms with Crippen molar-refractivity contribution in [3.05, 3.63) is 5.92 Å². The van der Waals surface area contributed by atoms with Crippen LogP contribution in [0.3, 0.4) is 0 Å². The van der Waals surface area contributed by atoms with Crippen LogP contribution < -0.4 is 5.32 Å².